The monoisotopic (exact) mass is 356 g/mol. The molecule has 2 rings (SSSR count). The third kappa shape index (κ3) is 4.32. The van der Waals surface area contributed by atoms with Crippen LogP contribution in [0.15, 0.2) is 23.1 Å². The summed E-state index contributed by atoms with van der Waals surface area (Å²) in [5, 5.41) is 2.91. The molecule has 3 N–H and O–H groups in total. The Morgan fingerprint density at radius 2 is 1.87 bits per heavy atom. The molecule has 1 fully saturated rings. The number of hydrogen-bond acceptors (Lipinski definition) is 5. The molecule has 23 heavy (non-hydrogen) atoms. The zero-order valence-electron chi connectivity index (χ0n) is 13.1. The van der Waals surface area contributed by atoms with Crippen molar-refractivity contribution < 1.29 is 13.2 Å². The molecule has 0 atom stereocenters. The van der Waals surface area contributed by atoms with Crippen molar-refractivity contribution >= 4 is 44.4 Å². The van der Waals surface area contributed by atoms with Crippen molar-refractivity contribution in [1.29, 1.82) is 0 Å². The molecule has 1 aliphatic rings. The lowest BCUT2D eigenvalue weighted by Gasteiger charge is -2.36. The van der Waals surface area contributed by atoms with Crippen molar-refractivity contribution in [2.45, 2.75) is 11.8 Å². The summed E-state index contributed by atoms with van der Waals surface area (Å²) in [7, 11) is -3.32. The minimum atomic E-state index is -3.32. The van der Waals surface area contributed by atoms with Gasteiger partial charge in [-0.3, -0.25) is 4.79 Å². The number of nitrogens with two attached hydrogens (primary N) is 1. The highest BCUT2D eigenvalue weighted by atomic mass is 32.2. The van der Waals surface area contributed by atoms with Crippen molar-refractivity contribution in [2.75, 3.05) is 42.7 Å². The maximum Gasteiger partial charge on any atom is 0.219 e. The Morgan fingerprint density at radius 1 is 1.26 bits per heavy atom. The average Bonchev–Trinajstić information content (AvgIpc) is 2.45. The van der Waals surface area contributed by atoms with Crippen molar-refractivity contribution in [3.8, 4) is 0 Å². The second-order valence-electron chi connectivity index (χ2n) is 5.43. The lowest BCUT2D eigenvalue weighted by Crippen LogP contribution is -2.48. The van der Waals surface area contributed by atoms with Crippen molar-refractivity contribution in [2.24, 2.45) is 5.73 Å². The van der Waals surface area contributed by atoms with E-state index in [0.29, 0.717) is 31.9 Å². The van der Waals surface area contributed by atoms with Crippen LogP contribution in [-0.2, 0) is 14.6 Å². The normalized spacial score (nSPS) is 15.4. The van der Waals surface area contributed by atoms with Gasteiger partial charge in [0.2, 0.25) is 5.91 Å². The third-order valence-electron chi connectivity index (χ3n) is 3.72. The van der Waals surface area contributed by atoms with E-state index >= 15 is 0 Å². The molecule has 0 spiro atoms. The van der Waals surface area contributed by atoms with Gasteiger partial charge in [0.1, 0.15) is 0 Å². The van der Waals surface area contributed by atoms with E-state index in [9.17, 15) is 13.2 Å². The Kier molecular flexibility index (Phi) is 5.10. The van der Waals surface area contributed by atoms with Crippen molar-refractivity contribution in [3.63, 3.8) is 0 Å². The zero-order chi connectivity index (χ0) is 17.2. The summed E-state index contributed by atoms with van der Waals surface area (Å²) in [4.78, 5) is 15.5. The third-order valence-corrected chi connectivity index (χ3v) is 4.93. The number of nitrogens with zero attached hydrogens (tertiary/aromatic N) is 2. The number of nitrogens with one attached hydrogen (secondary N) is 1. The highest BCUT2D eigenvalue weighted by Gasteiger charge is 2.22. The Labute approximate surface area is 141 Å². The van der Waals surface area contributed by atoms with E-state index < -0.39 is 9.84 Å². The molecule has 1 heterocycles. The fraction of sp³-hybridized carbons (Fsp3) is 0.429. The van der Waals surface area contributed by atoms with Crippen LogP contribution in [0.25, 0.3) is 0 Å². The van der Waals surface area contributed by atoms with Crippen LogP contribution in [0.2, 0.25) is 0 Å². The van der Waals surface area contributed by atoms with Gasteiger partial charge in [0.25, 0.3) is 0 Å². The van der Waals surface area contributed by atoms with Crippen LogP contribution in [0.1, 0.15) is 6.92 Å². The summed E-state index contributed by atoms with van der Waals surface area (Å²) >= 11 is 4.87. The first-order chi connectivity index (χ1) is 10.7. The van der Waals surface area contributed by atoms with Gasteiger partial charge in [-0.05, 0) is 30.4 Å². The smallest absolute Gasteiger partial charge is 0.219 e. The molecule has 1 amide bonds. The lowest BCUT2D eigenvalue weighted by molar-refractivity contribution is -0.129. The fourth-order valence-electron chi connectivity index (χ4n) is 2.52. The standard InChI is InChI=1S/C14H20N4O3S2/c1-10(19)17-5-7-18(8-6-17)13-4-3-11(23(2,20)21)9-12(13)16-14(15)22/h3-4,9H,5-8H2,1-2H3,(H3,15,16,22). The molecule has 1 aromatic carbocycles. The van der Waals surface area contributed by atoms with Gasteiger partial charge in [-0.25, -0.2) is 8.42 Å². The van der Waals surface area contributed by atoms with Crippen LogP contribution < -0.4 is 16.0 Å². The number of anilines is 2. The summed E-state index contributed by atoms with van der Waals surface area (Å²) in [5.41, 5.74) is 6.91. The Bertz CT molecular complexity index is 726. The van der Waals surface area contributed by atoms with Crippen LogP contribution in [0.4, 0.5) is 11.4 Å². The van der Waals surface area contributed by atoms with E-state index in [-0.39, 0.29) is 15.9 Å². The van der Waals surface area contributed by atoms with E-state index in [4.69, 9.17) is 18.0 Å². The molecule has 7 nitrogen and oxygen atoms in total. The number of carbonyl (C=O) groups is 1. The number of sulfone groups is 1. The van der Waals surface area contributed by atoms with E-state index in [1.165, 1.54) is 6.07 Å². The summed E-state index contributed by atoms with van der Waals surface area (Å²) < 4.78 is 23.5. The van der Waals surface area contributed by atoms with E-state index in [0.717, 1.165) is 11.9 Å². The summed E-state index contributed by atoms with van der Waals surface area (Å²) in [6.07, 6.45) is 1.15. The predicted molar refractivity (Wildman–Crippen MR) is 94.4 cm³/mol. The average molecular weight is 356 g/mol. The predicted octanol–water partition coefficient (Wildman–Crippen LogP) is 0.414. The number of piperazine rings is 1. The van der Waals surface area contributed by atoms with Gasteiger partial charge in [-0.1, -0.05) is 0 Å². The molecular weight excluding hydrogens is 336 g/mol. The number of benzene rings is 1. The number of hydrogen-bond donors (Lipinski definition) is 2. The molecule has 1 aliphatic heterocycles. The molecule has 0 aromatic heterocycles. The molecule has 126 valence electrons. The SMILES string of the molecule is CC(=O)N1CCN(c2ccc(S(C)(=O)=O)cc2NC(N)=S)CC1. The summed E-state index contributed by atoms with van der Waals surface area (Å²) in [5.74, 6) is 0.0542. The highest BCUT2D eigenvalue weighted by molar-refractivity contribution is 7.90. The number of amides is 1. The maximum atomic E-state index is 11.7. The summed E-state index contributed by atoms with van der Waals surface area (Å²) in [6.45, 7) is 4.11. The fourth-order valence-corrected chi connectivity index (χ4v) is 3.27. The van der Waals surface area contributed by atoms with Gasteiger partial charge >= 0.3 is 0 Å². The Hall–Kier alpha value is -1.87. The van der Waals surface area contributed by atoms with Gasteiger partial charge in [-0.2, -0.15) is 0 Å². The molecule has 0 aliphatic carbocycles. The van der Waals surface area contributed by atoms with Gasteiger partial charge < -0.3 is 20.9 Å². The second-order valence-corrected chi connectivity index (χ2v) is 7.89. The molecule has 1 saturated heterocycles. The van der Waals surface area contributed by atoms with Crippen LogP contribution in [0.5, 0.6) is 0 Å². The molecule has 0 unspecified atom stereocenters. The zero-order valence-corrected chi connectivity index (χ0v) is 14.7. The van der Waals surface area contributed by atoms with Crippen LogP contribution in [-0.4, -0.2) is 56.8 Å². The lowest BCUT2D eigenvalue weighted by atomic mass is 10.2. The van der Waals surface area contributed by atoms with Crippen molar-refractivity contribution in [1.82, 2.24) is 4.90 Å². The van der Waals surface area contributed by atoms with Gasteiger partial charge in [0.15, 0.2) is 14.9 Å². The summed E-state index contributed by atoms with van der Waals surface area (Å²) in [6, 6.07) is 4.83. The largest absolute Gasteiger partial charge is 0.376 e. The Morgan fingerprint density at radius 3 is 2.35 bits per heavy atom. The van der Waals surface area contributed by atoms with Gasteiger partial charge in [0.05, 0.1) is 16.3 Å². The van der Waals surface area contributed by atoms with Gasteiger partial charge in [0, 0.05) is 39.4 Å². The first-order valence-corrected chi connectivity index (χ1v) is 9.39. The van der Waals surface area contributed by atoms with E-state index in [1.807, 2.05) is 0 Å². The van der Waals surface area contributed by atoms with E-state index in [2.05, 4.69) is 10.2 Å². The number of carbonyl (C=O) groups excluding carboxylic acids is 1. The molecule has 0 radical (unpaired) electrons. The molecule has 0 bridgehead atoms. The first kappa shape index (κ1) is 17.5. The van der Waals surface area contributed by atoms with Gasteiger partial charge in [-0.15, -0.1) is 0 Å². The number of rotatable bonds is 3. The van der Waals surface area contributed by atoms with Crippen LogP contribution in [0, 0.1) is 0 Å². The topological polar surface area (TPSA) is 95.7 Å². The molecule has 1 aromatic rings. The van der Waals surface area contributed by atoms with Crippen LogP contribution in [0.3, 0.4) is 0 Å². The Balaban J connectivity index is 2.31. The number of thiocarbonyl (C=S) groups is 1. The molecule has 0 saturated carbocycles. The molecule has 9 heteroatoms. The molecular formula is C14H20N4O3S2. The second kappa shape index (κ2) is 6.71. The minimum Gasteiger partial charge on any atom is -0.376 e. The van der Waals surface area contributed by atoms with Crippen molar-refractivity contribution in [3.05, 3.63) is 18.2 Å². The van der Waals surface area contributed by atoms with E-state index in [1.54, 1.807) is 24.0 Å². The minimum absolute atomic E-state index is 0.0542. The van der Waals surface area contributed by atoms with Crippen LogP contribution >= 0.6 is 12.2 Å². The highest BCUT2D eigenvalue weighted by Crippen LogP contribution is 2.29. The first-order valence-electron chi connectivity index (χ1n) is 7.09. The quantitative estimate of drug-likeness (QED) is 0.758. The maximum absolute atomic E-state index is 11.7.